The van der Waals surface area contributed by atoms with E-state index in [1.807, 2.05) is 13.8 Å². The van der Waals surface area contributed by atoms with Gasteiger partial charge in [0, 0.05) is 24.4 Å². The zero-order valence-corrected chi connectivity index (χ0v) is 11.7. The second-order valence-electron chi connectivity index (χ2n) is 6.08. The van der Waals surface area contributed by atoms with E-state index in [1.165, 1.54) is 16.2 Å². The first kappa shape index (κ1) is 11.5. The van der Waals surface area contributed by atoms with Gasteiger partial charge in [0.1, 0.15) is 0 Å². The number of nitrogens with zero attached hydrogens (tertiary/aromatic N) is 2. The predicted octanol–water partition coefficient (Wildman–Crippen LogP) is 0.934. The molecule has 4 rings (SSSR count). The summed E-state index contributed by atoms with van der Waals surface area (Å²) in [5, 5.41) is 3.86. The molecule has 0 spiro atoms. The van der Waals surface area contributed by atoms with E-state index in [2.05, 4.69) is 10.3 Å². The molecular formula is C13H15N3O2S. The van der Waals surface area contributed by atoms with Gasteiger partial charge in [-0.1, -0.05) is 25.2 Å². The molecule has 1 saturated heterocycles. The van der Waals surface area contributed by atoms with Crippen molar-refractivity contribution in [2.45, 2.75) is 26.8 Å². The molecule has 0 radical (unpaired) electrons. The second kappa shape index (κ2) is 3.43. The number of hydrogen-bond acceptors (Lipinski definition) is 5. The molecule has 100 valence electrons. The minimum atomic E-state index is -0.150. The highest BCUT2D eigenvalue weighted by atomic mass is 32.1. The number of hydrogen-bond donors (Lipinski definition) is 1. The van der Waals surface area contributed by atoms with Gasteiger partial charge in [0.15, 0.2) is 5.13 Å². The molecule has 2 aliphatic heterocycles. The summed E-state index contributed by atoms with van der Waals surface area (Å²) in [6, 6.07) is 0. The Morgan fingerprint density at radius 2 is 2.00 bits per heavy atom. The molecule has 19 heavy (non-hydrogen) atoms. The number of thiazole rings is 1. The van der Waals surface area contributed by atoms with Crippen LogP contribution in [0.15, 0.2) is 0 Å². The topological polar surface area (TPSA) is 62.3 Å². The third-order valence-corrected chi connectivity index (χ3v) is 5.67. The number of amides is 2. The molecule has 2 amide bonds. The number of imide groups is 1. The van der Waals surface area contributed by atoms with Gasteiger partial charge in [-0.2, -0.15) is 0 Å². The molecule has 0 bridgehead atoms. The monoisotopic (exact) mass is 277 g/mol. The average Bonchev–Trinajstić information content (AvgIpc) is 2.68. The van der Waals surface area contributed by atoms with Crippen LogP contribution in [0, 0.1) is 17.3 Å². The van der Waals surface area contributed by atoms with Gasteiger partial charge >= 0.3 is 0 Å². The molecule has 6 heteroatoms. The molecule has 2 atom stereocenters. The Morgan fingerprint density at radius 3 is 2.63 bits per heavy atom. The predicted molar refractivity (Wildman–Crippen MR) is 70.8 cm³/mol. The van der Waals surface area contributed by atoms with E-state index in [4.69, 9.17) is 0 Å². The van der Waals surface area contributed by atoms with Gasteiger partial charge < -0.3 is 5.32 Å². The number of rotatable bonds is 1. The van der Waals surface area contributed by atoms with Gasteiger partial charge in [0.05, 0.1) is 17.5 Å². The standard InChI is InChI=1S/C13H15N3O2S/c1-13(2)8-9(13)11(18)16(10(8)17)12-15-6-3-4-14-5-7(6)19-12/h8-9,14H,3-5H2,1-2H3. The number of nitrogens with one attached hydrogen (secondary N) is 1. The minimum absolute atomic E-state index is 0.0564. The summed E-state index contributed by atoms with van der Waals surface area (Å²) < 4.78 is 0. The van der Waals surface area contributed by atoms with Crippen molar-refractivity contribution in [2.75, 3.05) is 11.4 Å². The minimum Gasteiger partial charge on any atom is -0.311 e. The lowest BCUT2D eigenvalue weighted by molar-refractivity contribution is -0.125. The van der Waals surface area contributed by atoms with Gasteiger partial charge in [-0.25, -0.2) is 9.88 Å². The van der Waals surface area contributed by atoms with Gasteiger partial charge in [0.2, 0.25) is 11.8 Å². The maximum Gasteiger partial charge on any atom is 0.240 e. The van der Waals surface area contributed by atoms with Crippen molar-refractivity contribution < 1.29 is 9.59 Å². The molecule has 0 aromatic carbocycles. The number of carbonyl (C=O) groups excluding carboxylic acids is 2. The lowest BCUT2D eigenvalue weighted by Gasteiger charge is -2.17. The lowest BCUT2D eigenvalue weighted by Crippen LogP contribution is -2.36. The quantitative estimate of drug-likeness (QED) is 0.776. The Hall–Kier alpha value is -1.27. The van der Waals surface area contributed by atoms with E-state index < -0.39 is 0 Å². The second-order valence-corrected chi connectivity index (χ2v) is 7.14. The third-order valence-electron chi connectivity index (χ3n) is 4.58. The largest absolute Gasteiger partial charge is 0.311 e. The van der Waals surface area contributed by atoms with Crippen molar-refractivity contribution in [3.8, 4) is 0 Å². The molecule has 1 saturated carbocycles. The van der Waals surface area contributed by atoms with Crippen molar-refractivity contribution in [3.05, 3.63) is 10.6 Å². The van der Waals surface area contributed by atoms with Gasteiger partial charge in [-0.15, -0.1) is 0 Å². The Labute approximate surface area is 115 Å². The lowest BCUT2D eigenvalue weighted by atomic mass is 10.1. The molecule has 3 aliphatic rings. The summed E-state index contributed by atoms with van der Waals surface area (Å²) in [6.07, 6.45) is 0.875. The zero-order chi connectivity index (χ0) is 13.4. The van der Waals surface area contributed by atoms with Crippen LogP contribution in [-0.2, 0) is 22.6 Å². The average molecular weight is 277 g/mol. The van der Waals surface area contributed by atoms with Crippen LogP contribution in [-0.4, -0.2) is 23.3 Å². The van der Waals surface area contributed by atoms with Crippen LogP contribution < -0.4 is 10.2 Å². The smallest absolute Gasteiger partial charge is 0.240 e. The first-order chi connectivity index (χ1) is 9.01. The van der Waals surface area contributed by atoms with Crippen LogP contribution in [0.4, 0.5) is 5.13 Å². The molecule has 5 nitrogen and oxygen atoms in total. The van der Waals surface area contributed by atoms with Crippen molar-refractivity contribution in [2.24, 2.45) is 17.3 Å². The fourth-order valence-electron chi connectivity index (χ4n) is 3.34. The van der Waals surface area contributed by atoms with E-state index in [9.17, 15) is 9.59 Å². The maximum absolute atomic E-state index is 12.3. The van der Waals surface area contributed by atoms with Gasteiger partial charge in [-0.3, -0.25) is 9.59 Å². The molecule has 1 N–H and O–H groups in total. The normalized spacial score (nSPS) is 31.4. The highest BCUT2D eigenvalue weighted by Crippen LogP contribution is 2.63. The van der Waals surface area contributed by atoms with E-state index in [0.717, 1.165) is 30.1 Å². The van der Waals surface area contributed by atoms with Crippen molar-refractivity contribution >= 4 is 28.3 Å². The summed E-state index contributed by atoms with van der Waals surface area (Å²) >= 11 is 1.47. The molecule has 2 unspecified atom stereocenters. The molecule has 1 aromatic rings. The van der Waals surface area contributed by atoms with E-state index in [1.54, 1.807) is 0 Å². The van der Waals surface area contributed by atoms with Gasteiger partial charge in [-0.05, 0) is 5.41 Å². The number of piperidine rings is 1. The van der Waals surface area contributed by atoms with Crippen LogP contribution >= 0.6 is 11.3 Å². The molecule has 1 aliphatic carbocycles. The summed E-state index contributed by atoms with van der Waals surface area (Å²) in [5.41, 5.74) is 0.891. The highest BCUT2D eigenvalue weighted by molar-refractivity contribution is 7.16. The highest BCUT2D eigenvalue weighted by Gasteiger charge is 2.73. The number of fused-ring (bicyclic) bond motifs is 2. The van der Waals surface area contributed by atoms with Crippen molar-refractivity contribution in [1.29, 1.82) is 0 Å². The number of aromatic nitrogens is 1. The Kier molecular flexibility index (Phi) is 2.09. The zero-order valence-electron chi connectivity index (χ0n) is 10.9. The summed E-state index contributed by atoms with van der Waals surface area (Å²) in [7, 11) is 0. The number of anilines is 1. The van der Waals surface area contributed by atoms with E-state index in [0.29, 0.717) is 5.13 Å². The molecule has 1 aromatic heterocycles. The summed E-state index contributed by atoms with van der Waals surface area (Å²) in [6.45, 7) is 5.69. The SMILES string of the molecule is CC1(C)C2C(=O)N(c3nc4c(s3)CNCC4)C(=O)C21. The third kappa shape index (κ3) is 1.36. The van der Waals surface area contributed by atoms with Crippen LogP contribution in [0.3, 0.4) is 0 Å². The molecular weight excluding hydrogens is 262 g/mol. The van der Waals surface area contributed by atoms with E-state index in [-0.39, 0.29) is 29.1 Å². The van der Waals surface area contributed by atoms with Crippen molar-refractivity contribution in [3.63, 3.8) is 0 Å². The first-order valence-electron chi connectivity index (χ1n) is 6.59. The van der Waals surface area contributed by atoms with Crippen LogP contribution in [0.2, 0.25) is 0 Å². The fourth-order valence-corrected chi connectivity index (χ4v) is 4.43. The van der Waals surface area contributed by atoms with Crippen LogP contribution in [0.5, 0.6) is 0 Å². The van der Waals surface area contributed by atoms with Gasteiger partial charge in [0.25, 0.3) is 0 Å². The Balaban J connectivity index is 1.69. The Morgan fingerprint density at radius 1 is 1.32 bits per heavy atom. The fraction of sp³-hybridized carbons (Fsp3) is 0.615. The van der Waals surface area contributed by atoms with Crippen LogP contribution in [0.25, 0.3) is 0 Å². The summed E-state index contributed by atoms with van der Waals surface area (Å²) in [4.78, 5) is 31.7. The molecule has 2 fully saturated rings. The van der Waals surface area contributed by atoms with Crippen molar-refractivity contribution in [1.82, 2.24) is 10.3 Å². The number of carbonyl (C=O) groups is 2. The summed E-state index contributed by atoms with van der Waals surface area (Å²) in [5.74, 6) is -0.365. The van der Waals surface area contributed by atoms with Crippen LogP contribution in [0.1, 0.15) is 24.4 Å². The Bertz CT molecular complexity index is 560. The maximum atomic E-state index is 12.3. The van der Waals surface area contributed by atoms with E-state index >= 15 is 0 Å². The first-order valence-corrected chi connectivity index (χ1v) is 7.40. The molecule has 3 heterocycles.